The summed E-state index contributed by atoms with van der Waals surface area (Å²) >= 11 is 0. The first-order valence-corrected chi connectivity index (χ1v) is 14.9. The van der Waals surface area contributed by atoms with Crippen molar-refractivity contribution in [3.8, 4) is 0 Å². The van der Waals surface area contributed by atoms with Gasteiger partial charge in [0.25, 0.3) is 7.82 Å². The average molecular weight is 544 g/mol. The summed E-state index contributed by atoms with van der Waals surface area (Å²) in [5.74, 6) is -0.445. The van der Waals surface area contributed by atoms with Gasteiger partial charge >= 0.3 is 5.97 Å². The molecule has 0 saturated carbocycles. The Kier molecular flexibility index (Phi) is 21.5. The van der Waals surface area contributed by atoms with Crippen LogP contribution in [0.3, 0.4) is 0 Å². The third kappa shape index (κ3) is 27.3. The molecule has 0 spiro atoms. The highest BCUT2D eigenvalue weighted by Crippen LogP contribution is 2.38. The summed E-state index contributed by atoms with van der Waals surface area (Å²) in [5, 5.41) is 9.79. The number of ether oxygens (including phenoxy) is 1. The predicted octanol–water partition coefficient (Wildman–Crippen LogP) is 5.24. The smallest absolute Gasteiger partial charge is 0.305 e. The molecule has 37 heavy (non-hydrogen) atoms. The van der Waals surface area contributed by atoms with Crippen LogP contribution in [0.5, 0.6) is 0 Å². The van der Waals surface area contributed by atoms with E-state index in [1.54, 1.807) is 0 Å². The van der Waals surface area contributed by atoms with Crippen LogP contribution in [0, 0.1) is 0 Å². The van der Waals surface area contributed by atoms with Crippen LogP contribution >= 0.6 is 7.82 Å². The molecule has 0 aromatic heterocycles. The molecule has 8 nitrogen and oxygen atoms in total. The number of aliphatic hydroxyl groups is 1. The number of phosphoric acid groups is 1. The number of hydrogen-bond donors (Lipinski definition) is 1. The fraction of sp³-hybridized carbons (Fsp3) is 0.679. The highest BCUT2D eigenvalue weighted by molar-refractivity contribution is 7.45. The second-order valence-corrected chi connectivity index (χ2v) is 11.3. The molecule has 214 valence electrons. The Morgan fingerprint density at radius 3 is 1.95 bits per heavy atom. The van der Waals surface area contributed by atoms with Crippen LogP contribution in [0.4, 0.5) is 0 Å². The molecule has 0 fully saturated rings. The van der Waals surface area contributed by atoms with E-state index in [0.717, 1.165) is 25.7 Å². The SMILES string of the molecule is CCCCC/C=C/C/C=C/C/C=C/C/C=C/CCCC(=O)OC[C@@H](O)COP(=O)([O-])OCC[N+](C)(C)C. The van der Waals surface area contributed by atoms with Crippen LogP contribution < -0.4 is 4.89 Å². The summed E-state index contributed by atoms with van der Waals surface area (Å²) in [6, 6.07) is 0. The van der Waals surface area contributed by atoms with Gasteiger partial charge in [-0.3, -0.25) is 9.36 Å². The van der Waals surface area contributed by atoms with Gasteiger partial charge in [-0.2, -0.15) is 0 Å². The van der Waals surface area contributed by atoms with Gasteiger partial charge in [-0.15, -0.1) is 0 Å². The molecule has 0 aliphatic heterocycles. The van der Waals surface area contributed by atoms with Gasteiger partial charge in [-0.05, 0) is 44.9 Å². The minimum atomic E-state index is -4.51. The van der Waals surface area contributed by atoms with Crippen LogP contribution in [0.25, 0.3) is 0 Å². The first-order valence-electron chi connectivity index (χ1n) is 13.4. The molecule has 0 radical (unpaired) electrons. The lowest BCUT2D eigenvalue weighted by Crippen LogP contribution is -2.37. The number of likely N-dealkylation sites (N-methyl/N-ethyl adjacent to an activating group) is 1. The van der Waals surface area contributed by atoms with Crippen LogP contribution in [-0.2, 0) is 23.1 Å². The van der Waals surface area contributed by atoms with E-state index in [0.29, 0.717) is 17.4 Å². The molecular weight excluding hydrogens is 493 g/mol. The number of hydrogen-bond acceptors (Lipinski definition) is 7. The quantitative estimate of drug-likeness (QED) is 0.0617. The van der Waals surface area contributed by atoms with Gasteiger partial charge in [0.2, 0.25) is 0 Å². The Morgan fingerprint density at radius 1 is 0.865 bits per heavy atom. The van der Waals surface area contributed by atoms with Crippen molar-refractivity contribution in [1.82, 2.24) is 0 Å². The van der Waals surface area contributed by atoms with E-state index in [4.69, 9.17) is 9.26 Å². The van der Waals surface area contributed by atoms with Crippen molar-refractivity contribution >= 4 is 13.8 Å². The standard InChI is InChI=1S/C28H50NO7P/c1-5-6-7-8-9-10-11-12-13-14-15-16-17-18-19-20-21-22-28(31)34-25-27(30)26-36-37(32,33)35-24-23-29(2,3)4/h9-10,12-13,15-16,18-19,27,30H,5-8,11,14,17,20-26H2,1-4H3/b10-9+,13-12+,16-15+,19-18+/t27-/m1/s1. The minimum Gasteiger partial charge on any atom is -0.756 e. The van der Waals surface area contributed by atoms with Gasteiger partial charge in [0.05, 0.1) is 27.7 Å². The summed E-state index contributed by atoms with van der Waals surface area (Å²) in [5.41, 5.74) is 0. The number of carbonyl (C=O) groups excluding carboxylic acids is 1. The highest BCUT2D eigenvalue weighted by atomic mass is 31.2. The van der Waals surface area contributed by atoms with Crippen molar-refractivity contribution in [3.63, 3.8) is 0 Å². The average Bonchev–Trinajstić information content (AvgIpc) is 2.82. The molecule has 1 N–H and O–H groups in total. The second-order valence-electron chi connectivity index (χ2n) is 9.91. The molecule has 9 heteroatoms. The first-order chi connectivity index (χ1) is 17.6. The molecule has 1 unspecified atom stereocenters. The molecule has 0 rings (SSSR count). The molecule has 0 aliphatic rings. The first kappa shape index (κ1) is 35.5. The third-order valence-corrected chi connectivity index (χ3v) is 6.05. The van der Waals surface area contributed by atoms with Crippen LogP contribution in [-0.4, -0.2) is 69.2 Å². The van der Waals surface area contributed by atoms with Gasteiger partial charge in [-0.25, -0.2) is 0 Å². The molecule has 2 atom stereocenters. The number of esters is 1. The van der Waals surface area contributed by atoms with E-state index < -0.39 is 26.5 Å². The predicted molar refractivity (Wildman–Crippen MR) is 148 cm³/mol. The third-order valence-electron chi connectivity index (χ3n) is 5.08. The van der Waals surface area contributed by atoms with Gasteiger partial charge < -0.3 is 28.3 Å². The topological polar surface area (TPSA) is 105 Å². The zero-order chi connectivity index (χ0) is 27.8. The van der Waals surface area contributed by atoms with Crippen molar-refractivity contribution in [2.45, 2.75) is 77.2 Å². The lowest BCUT2D eigenvalue weighted by molar-refractivity contribution is -0.870. The van der Waals surface area contributed by atoms with Crippen molar-refractivity contribution in [1.29, 1.82) is 0 Å². The highest BCUT2D eigenvalue weighted by Gasteiger charge is 2.16. The number of quaternary nitrogens is 1. The summed E-state index contributed by atoms with van der Waals surface area (Å²) in [7, 11) is 1.21. The fourth-order valence-corrected chi connectivity index (χ4v) is 3.61. The normalized spacial score (nSPS) is 15.3. The van der Waals surface area contributed by atoms with E-state index in [1.807, 2.05) is 27.2 Å². The second kappa shape index (κ2) is 22.4. The Labute approximate surface area is 224 Å². The largest absolute Gasteiger partial charge is 0.756 e. The van der Waals surface area contributed by atoms with Crippen molar-refractivity contribution in [2.24, 2.45) is 0 Å². The Bertz CT molecular complexity index is 741. The molecule has 0 saturated heterocycles. The van der Waals surface area contributed by atoms with Gasteiger partial charge in [-0.1, -0.05) is 68.4 Å². The fourth-order valence-electron chi connectivity index (χ4n) is 2.88. The van der Waals surface area contributed by atoms with E-state index in [-0.39, 0.29) is 19.6 Å². The Hall–Kier alpha value is -1.54. The molecule has 0 aliphatic carbocycles. The van der Waals surface area contributed by atoms with Crippen molar-refractivity contribution in [3.05, 3.63) is 48.6 Å². The van der Waals surface area contributed by atoms with E-state index in [2.05, 4.69) is 54.0 Å². The maximum absolute atomic E-state index is 11.8. The molecule has 0 bridgehead atoms. The summed E-state index contributed by atoms with van der Waals surface area (Å²) in [4.78, 5) is 23.5. The van der Waals surface area contributed by atoms with E-state index in [1.165, 1.54) is 25.7 Å². The van der Waals surface area contributed by atoms with Gasteiger partial charge in [0, 0.05) is 6.42 Å². The monoisotopic (exact) mass is 543 g/mol. The van der Waals surface area contributed by atoms with Crippen LogP contribution in [0.15, 0.2) is 48.6 Å². The summed E-state index contributed by atoms with van der Waals surface area (Å²) in [6.07, 6.45) is 25.4. The maximum atomic E-state index is 11.8. The maximum Gasteiger partial charge on any atom is 0.305 e. The molecule has 0 amide bonds. The molecule has 0 aromatic carbocycles. The Morgan fingerprint density at radius 2 is 1.41 bits per heavy atom. The van der Waals surface area contributed by atoms with Crippen LogP contribution in [0.1, 0.15) is 71.1 Å². The number of carbonyl (C=O) groups is 1. The number of phosphoric ester groups is 1. The lowest BCUT2D eigenvalue weighted by Gasteiger charge is -2.27. The van der Waals surface area contributed by atoms with Gasteiger partial charge in [0.1, 0.15) is 25.9 Å². The molecule has 0 aromatic rings. The number of nitrogens with zero attached hydrogens (tertiary/aromatic N) is 1. The molecule has 0 heterocycles. The van der Waals surface area contributed by atoms with E-state index >= 15 is 0 Å². The number of aliphatic hydroxyl groups excluding tert-OH is 1. The molecular formula is C28H50NO7P. The number of allylic oxidation sites excluding steroid dienone is 8. The lowest BCUT2D eigenvalue weighted by atomic mass is 10.2. The number of unbranched alkanes of at least 4 members (excludes halogenated alkanes) is 4. The van der Waals surface area contributed by atoms with Crippen molar-refractivity contribution in [2.75, 3.05) is 47.5 Å². The zero-order valence-corrected chi connectivity index (χ0v) is 24.3. The van der Waals surface area contributed by atoms with Crippen molar-refractivity contribution < 1.29 is 37.6 Å². The Balaban J connectivity index is 3.76. The summed E-state index contributed by atoms with van der Waals surface area (Å²) < 4.78 is 26.6. The summed E-state index contributed by atoms with van der Waals surface area (Å²) in [6.45, 7) is 1.82. The zero-order valence-electron chi connectivity index (χ0n) is 23.4. The van der Waals surface area contributed by atoms with E-state index in [9.17, 15) is 19.4 Å². The van der Waals surface area contributed by atoms with Crippen LogP contribution in [0.2, 0.25) is 0 Å². The van der Waals surface area contributed by atoms with Gasteiger partial charge in [0.15, 0.2) is 0 Å². The number of rotatable bonds is 23. The minimum absolute atomic E-state index is 0.0190.